The van der Waals surface area contributed by atoms with E-state index in [0.717, 1.165) is 0 Å². The number of anilines is 4. The molecular formula is C64H83N13O15. The molecule has 0 heterocycles. The van der Waals surface area contributed by atoms with Crippen molar-refractivity contribution < 1.29 is 72.0 Å². The van der Waals surface area contributed by atoms with Crippen LogP contribution in [0.15, 0.2) is 97.1 Å². The lowest BCUT2D eigenvalue weighted by Gasteiger charge is -2.22. The van der Waals surface area contributed by atoms with Gasteiger partial charge in [0.25, 0.3) is 29.5 Å². The Labute approximate surface area is 532 Å². The standard InChI is InChI=1S/C64H83N13O15/c1-89-51-25-21-37(33-43(51)55(69)78)70-61(84)48(18-8-12-30-66)75-57(80)45-35-39(23-27-53(45)91-3)72-63(86)50(20-10-14-32-68)77-59(82)46-36-40(24-28-54(46)92-4)73-62(85)49(19-9-13-31-67)76-58(81)44-34-38(22-26-52(44)90-2)71-60(83)47(17-7-11-29-65)74-56(79)41-15-5-6-16-42(41)64(87)88/h5-6,15-16,21-28,33-36,47-50H,7-14,17-20,29-32,65-68H2,1-4H3,(H2,69,78)(H,70,84)(H,71,83)(H,72,86)(H,73,85)(H,74,79)(H,75,80)(H,76,81)(H,77,82)(H,87,88). The minimum atomic E-state index is -1.33. The van der Waals surface area contributed by atoms with Crippen molar-refractivity contribution in [2.75, 3.05) is 75.9 Å². The van der Waals surface area contributed by atoms with Crippen LogP contribution in [0.3, 0.4) is 0 Å². The van der Waals surface area contributed by atoms with Crippen molar-refractivity contribution in [2.45, 2.75) is 101 Å². The third-order valence-corrected chi connectivity index (χ3v) is 14.5. The van der Waals surface area contributed by atoms with Crippen molar-refractivity contribution in [2.24, 2.45) is 28.7 Å². The Kier molecular flexibility index (Phi) is 29.3. The SMILES string of the molecule is COc1ccc(NC(=O)C(CCCCN)NC(=O)c2cc(NC(=O)C(CCCCN)NC(=O)c3cc(NC(=O)C(CCCCN)NC(=O)c4cc(NC(=O)C(CCCCN)NC(=O)c5ccccc5C(=O)O)ccc4OC)ccc3OC)ccc2OC)cc1C(N)=O. The molecule has 0 saturated carbocycles. The zero-order valence-corrected chi connectivity index (χ0v) is 51.9. The molecule has 0 saturated heterocycles. The molecule has 0 aromatic heterocycles. The number of ether oxygens (including phenoxy) is 4. The Hall–Kier alpha value is -10.2. The van der Waals surface area contributed by atoms with Gasteiger partial charge in [0.05, 0.1) is 61.8 Å². The number of benzene rings is 5. The number of carboxylic acid groups (broad SMARTS) is 1. The van der Waals surface area contributed by atoms with Gasteiger partial charge in [0.1, 0.15) is 47.2 Å². The average Bonchev–Trinajstić information content (AvgIpc) is 0.946. The predicted molar refractivity (Wildman–Crippen MR) is 345 cm³/mol. The van der Waals surface area contributed by atoms with Crippen LogP contribution >= 0.6 is 0 Å². The monoisotopic (exact) mass is 1270 g/mol. The zero-order chi connectivity index (χ0) is 67.3. The molecule has 19 N–H and O–H groups in total. The largest absolute Gasteiger partial charge is 0.496 e. The molecule has 0 fully saturated rings. The summed E-state index contributed by atoms with van der Waals surface area (Å²) in [5.74, 6) is -7.42. The number of carboxylic acids is 1. The number of unbranched alkanes of at least 4 members (excludes halogenated alkanes) is 4. The van der Waals surface area contributed by atoms with Gasteiger partial charge in [-0.15, -0.1) is 0 Å². The van der Waals surface area contributed by atoms with E-state index >= 15 is 0 Å². The number of carbonyl (C=O) groups is 10. The van der Waals surface area contributed by atoms with E-state index in [-0.39, 0.29) is 118 Å². The Balaban J connectivity index is 1.34. The summed E-state index contributed by atoms with van der Waals surface area (Å²) in [4.78, 5) is 136. The van der Waals surface area contributed by atoms with Crippen molar-refractivity contribution >= 4 is 81.9 Å². The number of nitrogens with one attached hydrogen (secondary N) is 8. The second-order valence-electron chi connectivity index (χ2n) is 21.1. The highest BCUT2D eigenvalue weighted by Crippen LogP contribution is 2.28. The molecule has 28 heteroatoms. The first-order valence-corrected chi connectivity index (χ1v) is 29.9. The van der Waals surface area contributed by atoms with E-state index in [0.29, 0.717) is 64.5 Å². The number of methoxy groups -OCH3 is 4. The summed E-state index contributed by atoms with van der Waals surface area (Å²) in [5.41, 5.74) is 28.6. The molecule has 5 rings (SSSR count). The molecule has 92 heavy (non-hydrogen) atoms. The second-order valence-corrected chi connectivity index (χ2v) is 21.1. The van der Waals surface area contributed by atoms with Gasteiger partial charge in [0.2, 0.25) is 23.6 Å². The lowest BCUT2D eigenvalue weighted by atomic mass is 10.0. The van der Waals surface area contributed by atoms with Gasteiger partial charge in [-0.25, -0.2) is 4.79 Å². The van der Waals surface area contributed by atoms with Gasteiger partial charge < -0.3 is 95.3 Å². The maximum absolute atomic E-state index is 14.3. The van der Waals surface area contributed by atoms with E-state index in [9.17, 15) is 53.1 Å². The van der Waals surface area contributed by atoms with E-state index in [2.05, 4.69) is 42.5 Å². The summed E-state index contributed by atoms with van der Waals surface area (Å²) in [7, 11) is 5.35. The van der Waals surface area contributed by atoms with Gasteiger partial charge in [-0.2, -0.15) is 0 Å². The molecular weight excluding hydrogens is 1190 g/mol. The Bertz CT molecular complexity index is 3420. The molecule has 0 aliphatic carbocycles. The maximum Gasteiger partial charge on any atom is 0.336 e. The number of rotatable bonds is 38. The number of aromatic carboxylic acids is 1. The van der Waals surface area contributed by atoms with Gasteiger partial charge in [0, 0.05) is 22.7 Å². The van der Waals surface area contributed by atoms with Gasteiger partial charge in [-0.1, -0.05) is 12.1 Å². The second kappa shape index (κ2) is 37.1. The fraction of sp³-hybridized carbons (Fsp3) is 0.375. The van der Waals surface area contributed by atoms with Crippen LogP contribution in [-0.2, 0) is 19.2 Å². The first kappa shape index (κ1) is 72.6. The summed E-state index contributed by atoms with van der Waals surface area (Å²) in [6, 6.07) is 17.9. The van der Waals surface area contributed by atoms with Crippen LogP contribution in [0.4, 0.5) is 22.7 Å². The van der Waals surface area contributed by atoms with Crippen molar-refractivity contribution in [1.82, 2.24) is 21.3 Å². The number of amides is 9. The van der Waals surface area contributed by atoms with Crippen molar-refractivity contribution in [3.8, 4) is 23.0 Å². The summed E-state index contributed by atoms with van der Waals surface area (Å²) >= 11 is 0. The summed E-state index contributed by atoms with van der Waals surface area (Å²) < 4.78 is 21.8. The highest BCUT2D eigenvalue weighted by molar-refractivity contribution is 6.09. The van der Waals surface area contributed by atoms with Crippen LogP contribution in [0.2, 0.25) is 0 Å². The number of hydrogen-bond acceptors (Lipinski definition) is 18. The molecule has 0 aliphatic heterocycles. The van der Waals surface area contributed by atoms with Gasteiger partial charge in [0.15, 0.2) is 0 Å². The minimum absolute atomic E-state index is 0.0226. The summed E-state index contributed by atoms with van der Waals surface area (Å²) in [6.45, 7) is 1.22. The highest BCUT2D eigenvalue weighted by atomic mass is 16.5. The normalized spacial score (nSPS) is 12.1. The molecule has 4 atom stereocenters. The third kappa shape index (κ3) is 21.2. The first-order valence-electron chi connectivity index (χ1n) is 29.9. The van der Waals surface area contributed by atoms with E-state index < -0.39 is 83.3 Å². The molecule has 28 nitrogen and oxygen atoms in total. The first-order chi connectivity index (χ1) is 44.2. The lowest BCUT2D eigenvalue weighted by molar-refractivity contribution is -0.118. The average molecular weight is 1270 g/mol. The topological polar surface area (TPSA) is 454 Å². The summed E-state index contributed by atoms with van der Waals surface area (Å²) in [5, 5.41) is 31.6. The summed E-state index contributed by atoms with van der Waals surface area (Å²) in [6.07, 6.45) is 4.25. The number of hydrogen-bond donors (Lipinski definition) is 14. The van der Waals surface area contributed by atoms with Crippen LogP contribution in [0.1, 0.15) is 139 Å². The molecule has 0 spiro atoms. The molecule has 5 aromatic rings. The Morgan fingerprint density at radius 3 is 0.859 bits per heavy atom. The van der Waals surface area contributed by atoms with Crippen LogP contribution < -0.4 is 90.2 Å². The lowest BCUT2D eigenvalue weighted by Crippen LogP contribution is -2.45. The zero-order valence-electron chi connectivity index (χ0n) is 51.9. The molecule has 4 unspecified atom stereocenters. The highest BCUT2D eigenvalue weighted by Gasteiger charge is 2.30. The fourth-order valence-corrected chi connectivity index (χ4v) is 9.64. The van der Waals surface area contributed by atoms with Gasteiger partial charge in [-0.3, -0.25) is 43.2 Å². The van der Waals surface area contributed by atoms with Crippen molar-refractivity contribution in [3.05, 3.63) is 130 Å². The molecule has 5 aromatic carbocycles. The molecule has 0 radical (unpaired) electrons. The van der Waals surface area contributed by atoms with Crippen LogP contribution in [0.25, 0.3) is 0 Å². The number of carbonyl (C=O) groups excluding carboxylic acids is 9. The smallest absolute Gasteiger partial charge is 0.336 e. The van der Waals surface area contributed by atoms with E-state index in [4.69, 9.17) is 47.6 Å². The molecule has 0 aliphatic rings. The Morgan fingerprint density at radius 1 is 0.359 bits per heavy atom. The predicted octanol–water partition coefficient (Wildman–Crippen LogP) is 3.98. The van der Waals surface area contributed by atoms with Crippen LogP contribution in [0.5, 0.6) is 23.0 Å². The van der Waals surface area contributed by atoms with Crippen molar-refractivity contribution in [3.63, 3.8) is 0 Å². The number of primary amides is 1. The third-order valence-electron chi connectivity index (χ3n) is 14.5. The van der Waals surface area contributed by atoms with Gasteiger partial charge >= 0.3 is 5.97 Å². The van der Waals surface area contributed by atoms with Crippen LogP contribution in [-0.4, -0.2) is 143 Å². The fourth-order valence-electron chi connectivity index (χ4n) is 9.64. The van der Waals surface area contributed by atoms with E-state index in [1.54, 1.807) is 0 Å². The van der Waals surface area contributed by atoms with E-state index in [1.807, 2.05) is 0 Å². The molecule has 494 valence electrons. The van der Waals surface area contributed by atoms with Crippen molar-refractivity contribution in [1.29, 1.82) is 0 Å². The quantitative estimate of drug-likeness (QED) is 0.0248. The van der Waals surface area contributed by atoms with E-state index in [1.165, 1.54) is 126 Å². The van der Waals surface area contributed by atoms with Crippen LogP contribution in [0, 0.1) is 0 Å². The Morgan fingerprint density at radius 2 is 0.609 bits per heavy atom. The maximum atomic E-state index is 14.3. The number of nitrogens with two attached hydrogens (primary N) is 5. The molecule has 9 amide bonds. The minimum Gasteiger partial charge on any atom is -0.496 e. The molecule has 0 bridgehead atoms. The van der Waals surface area contributed by atoms with Gasteiger partial charge in [-0.05, 0) is 188 Å².